The van der Waals surface area contributed by atoms with E-state index in [1.165, 1.54) is 18.2 Å². The molecule has 2 aromatic carbocycles. The maximum atomic E-state index is 13.2. The first-order chi connectivity index (χ1) is 14.2. The fourth-order valence-electron chi connectivity index (χ4n) is 2.97. The van der Waals surface area contributed by atoms with E-state index in [1.807, 2.05) is 6.92 Å². The molecule has 4 aromatic rings. The van der Waals surface area contributed by atoms with E-state index < -0.39 is 12.1 Å². The Hall–Kier alpha value is -3.26. The third-order valence-corrected chi connectivity index (χ3v) is 4.59. The Balaban J connectivity index is 1.62. The molecule has 0 spiro atoms. The van der Waals surface area contributed by atoms with Gasteiger partial charge in [0.25, 0.3) is 0 Å². The number of benzene rings is 2. The fraction of sp³-hybridized carbons (Fsp3) is 0.0952. The Bertz CT molecular complexity index is 1200. The van der Waals surface area contributed by atoms with E-state index in [-0.39, 0.29) is 10.8 Å². The summed E-state index contributed by atoms with van der Waals surface area (Å²) in [6.45, 7) is 1.83. The first kappa shape index (κ1) is 20.0. The molecule has 1 N–H and O–H groups in total. The number of nitrogens with one attached hydrogen (secondary N) is 1. The van der Waals surface area contributed by atoms with Crippen molar-refractivity contribution in [1.82, 2.24) is 9.97 Å². The van der Waals surface area contributed by atoms with Gasteiger partial charge in [0.1, 0.15) is 17.3 Å². The Morgan fingerprint density at radius 3 is 2.37 bits per heavy atom. The molecule has 0 bridgehead atoms. The van der Waals surface area contributed by atoms with Crippen LogP contribution in [0.1, 0.15) is 5.69 Å². The van der Waals surface area contributed by atoms with E-state index in [0.717, 1.165) is 23.4 Å². The summed E-state index contributed by atoms with van der Waals surface area (Å²) in [6, 6.07) is 12.8. The second-order valence-corrected chi connectivity index (χ2v) is 6.83. The molecule has 0 saturated carbocycles. The Morgan fingerprint density at radius 2 is 1.70 bits per heavy atom. The summed E-state index contributed by atoms with van der Waals surface area (Å²) in [6.07, 6.45) is -4.80. The molecule has 30 heavy (non-hydrogen) atoms. The smallest absolute Gasteiger partial charge is 0.453 e. The van der Waals surface area contributed by atoms with Crippen LogP contribution in [-0.4, -0.2) is 16.3 Å². The predicted octanol–water partition coefficient (Wildman–Crippen LogP) is 7.00. The number of alkyl halides is 3. The second-order valence-electron chi connectivity index (χ2n) is 6.42. The average Bonchev–Trinajstić information content (AvgIpc) is 3.28. The molecule has 4 nitrogen and oxygen atoms in total. The number of imidazole rings is 1. The number of halogens is 5. The molecule has 0 amide bonds. The van der Waals surface area contributed by atoms with Crippen LogP contribution < -0.4 is 4.74 Å². The standard InChI is InChI=1S/C21H13ClF4N2O2/c1-11-19(12-2-4-13(23)5-3-12)28-20(27-11)18-9-8-17(29-18)15-7-6-14(10-16(15)22)30-21(24,25)26/h2-10H,1H3,(H,27,28). The molecule has 0 fully saturated rings. The molecule has 154 valence electrons. The third kappa shape index (κ3) is 4.18. The van der Waals surface area contributed by atoms with Crippen LogP contribution in [0.4, 0.5) is 17.6 Å². The van der Waals surface area contributed by atoms with Crippen LogP contribution in [0.2, 0.25) is 5.02 Å². The molecule has 0 aliphatic carbocycles. The Kier molecular flexibility index (Phi) is 5.03. The van der Waals surface area contributed by atoms with Crippen molar-refractivity contribution < 1.29 is 26.7 Å². The van der Waals surface area contributed by atoms with E-state index in [4.69, 9.17) is 16.0 Å². The molecule has 0 saturated heterocycles. The van der Waals surface area contributed by atoms with E-state index >= 15 is 0 Å². The van der Waals surface area contributed by atoms with Crippen molar-refractivity contribution >= 4 is 11.6 Å². The summed E-state index contributed by atoms with van der Waals surface area (Å²) >= 11 is 6.11. The summed E-state index contributed by atoms with van der Waals surface area (Å²) in [5, 5.41) is 0.0419. The van der Waals surface area contributed by atoms with Crippen LogP contribution >= 0.6 is 11.6 Å². The van der Waals surface area contributed by atoms with Crippen molar-refractivity contribution in [1.29, 1.82) is 0 Å². The SMILES string of the molecule is Cc1[nH]c(-c2ccc(-c3ccc(OC(F)(F)F)cc3Cl)o2)nc1-c1ccc(F)cc1. The number of aromatic amines is 1. The van der Waals surface area contributed by atoms with Gasteiger partial charge in [0.05, 0.1) is 10.7 Å². The summed E-state index contributed by atoms with van der Waals surface area (Å²) in [5.74, 6) is 0.449. The molecular formula is C21H13ClF4N2O2. The highest BCUT2D eigenvalue weighted by Crippen LogP contribution is 2.36. The highest BCUT2D eigenvalue weighted by molar-refractivity contribution is 6.33. The quantitative estimate of drug-likeness (QED) is 0.350. The van der Waals surface area contributed by atoms with Crippen molar-refractivity contribution in [3.05, 3.63) is 71.1 Å². The molecule has 0 aliphatic rings. The average molecular weight is 437 g/mol. The van der Waals surface area contributed by atoms with E-state index in [1.54, 1.807) is 24.3 Å². The number of aromatic nitrogens is 2. The van der Waals surface area contributed by atoms with Gasteiger partial charge >= 0.3 is 6.36 Å². The maximum Gasteiger partial charge on any atom is 0.573 e. The molecule has 0 unspecified atom stereocenters. The highest BCUT2D eigenvalue weighted by Gasteiger charge is 2.31. The van der Waals surface area contributed by atoms with Crippen molar-refractivity contribution in [3.8, 4) is 39.9 Å². The molecule has 9 heteroatoms. The van der Waals surface area contributed by atoms with E-state index in [2.05, 4.69) is 14.7 Å². The van der Waals surface area contributed by atoms with Gasteiger partial charge in [-0.1, -0.05) is 11.6 Å². The molecule has 4 rings (SSSR count). The molecule has 2 aromatic heterocycles. The predicted molar refractivity (Wildman–Crippen MR) is 104 cm³/mol. The zero-order chi connectivity index (χ0) is 21.5. The Labute approximate surface area is 173 Å². The van der Waals surface area contributed by atoms with Crippen LogP contribution in [0.15, 0.2) is 59.0 Å². The molecule has 2 heterocycles. The van der Waals surface area contributed by atoms with Crippen LogP contribution in [0.3, 0.4) is 0 Å². The monoisotopic (exact) mass is 436 g/mol. The third-order valence-electron chi connectivity index (χ3n) is 4.28. The largest absolute Gasteiger partial charge is 0.573 e. The zero-order valence-corrected chi connectivity index (χ0v) is 16.1. The normalized spacial score (nSPS) is 11.7. The summed E-state index contributed by atoms with van der Waals surface area (Å²) in [4.78, 5) is 7.63. The summed E-state index contributed by atoms with van der Waals surface area (Å²) in [7, 11) is 0. The van der Waals surface area contributed by atoms with Gasteiger partial charge in [-0.15, -0.1) is 13.2 Å². The second kappa shape index (κ2) is 7.53. The van der Waals surface area contributed by atoms with Crippen molar-refractivity contribution in [2.75, 3.05) is 0 Å². The van der Waals surface area contributed by atoms with E-state index in [9.17, 15) is 17.6 Å². The lowest BCUT2D eigenvalue weighted by Crippen LogP contribution is -2.17. The lowest BCUT2D eigenvalue weighted by Gasteiger charge is -2.10. The molecular weight excluding hydrogens is 424 g/mol. The number of aryl methyl sites for hydroxylation is 1. The number of furan rings is 1. The summed E-state index contributed by atoms with van der Waals surface area (Å²) < 4.78 is 59.9. The highest BCUT2D eigenvalue weighted by atomic mass is 35.5. The lowest BCUT2D eigenvalue weighted by atomic mass is 10.1. The van der Waals surface area contributed by atoms with Crippen LogP contribution in [0.5, 0.6) is 5.75 Å². The van der Waals surface area contributed by atoms with Crippen LogP contribution in [-0.2, 0) is 0 Å². The number of hydrogen-bond acceptors (Lipinski definition) is 3. The van der Waals surface area contributed by atoms with Gasteiger partial charge in [-0.25, -0.2) is 9.37 Å². The minimum absolute atomic E-state index is 0.0419. The van der Waals surface area contributed by atoms with Crippen molar-refractivity contribution in [2.24, 2.45) is 0 Å². The first-order valence-corrected chi connectivity index (χ1v) is 9.06. The van der Waals surface area contributed by atoms with Gasteiger partial charge in [-0.05, 0) is 61.5 Å². The molecule has 0 aliphatic heterocycles. The van der Waals surface area contributed by atoms with Crippen molar-refractivity contribution in [2.45, 2.75) is 13.3 Å². The fourth-order valence-corrected chi connectivity index (χ4v) is 3.23. The van der Waals surface area contributed by atoms with Crippen LogP contribution in [0, 0.1) is 12.7 Å². The zero-order valence-electron chi connectivity index (χ0n) is 15.3. The van der Waals surface area contributed by atoms with Crippen molar-refractivity contribution in [3.63, 3.8) is 0 Å². The minimum atomic E-state index is -4.80. The lowest BCUT2D eigenvalue weighted by molar-refractivity contribution is -0.274. The van der Waals surface area contributed by atoms with Crippen LogP contribution in [0.25, 0.3) is 34.2 Å². The maximum absolute atomic E-state index is 13.2. The topological polar surface area (TPSA) is 51.0 Å². The van der Waals surface area contributed by atoms with Gasteiger partial charge in [0.2, 0.25) is 0 Å². The number of rotatable bonds is 4. The number of ether oxygens (including phenoxy) is 1. The first-order valence-electron chi connectivity index (χ1n) is 8.68. The van der Waals surface area contributed by atoms with E-state index in [0.29, 0.717) is 28.6 Å². The van der Waals surface area contributed by atoms with Gasteiger partial charge in [0, 0.05) is 16.8 Å². The summed E-state index contributed by atoms with van der Waals surface area (Å²) in [5.41, 5.74) is 2.56. The Morgan fingerprint density at radius 1 is 1.00 bits per heavy atom. The molecule has 0 radical (unpaired) electrons. The number of H-pyrrole nitrogens is 1. The van der Waals surface area contributed by atoms with Gasteiger partial charge in [-0.2, -0.15) is 0 Å². The minimum Gasteiger partial charge on any atom is -0.453 e. The van der Waals surface area contributed by atoms with Gasteiger partial charge < -0.3 is 14.1 Å². The number of hydrogen-bond donors (Lipinski definition) is 1. The van der Waals surface area contributed by atoms with Gasteiger partial charge in [-0.3, -0.25) is 0 Å². The van der Waals surface area contributed by atoms with Gasteiger partial charge in [0.15, 0.2) is 11.6 Å². The number of nitrogens with zero attached hydrogens (tertiary/aromatic N) is 1. The molecule has 0 atom stereocenters.